The summed E-state index contributed by atoms with van der Waals surface area (Å²) in [5.41, 5.74) is 1.85. The van der Waals surface area contributed by atoms with Crippen LogP contribution in [-0.4, -0.2) is 32.6 Å². The van der Waals surface area contributed by atoms with Gasteiger partial charge in [0.2, 0.25) is 5.91 Å². The minimum atomic E-state index is -0.0993. The van der Waals surface area contributed by atoms with E-state index in [1.165, 1.54) is 0 Å². The molecule has 1 heterocycles. The Balaban J connectivity index is 2.16. The summed E-state index contributed by atoms with van der Waals surface area (Å²) in [6, 6.07) is 5.82. The molecule has 1 aromatic rings. The Bertz CT molecular complexity index is 490. The highest BCUT2D eigenvalue weighted by Crippen LogP contribution is 2.28. The normalized spacial score (nSPS) is 22.4. The minimum Gasteiger partial charge on any atom is -0.376 e. The van der Waals surface area contributed by atoms with Crippen LogP contribution >= 0.6 is 15.9 Å². The summed E-state index contributed by atoms with van der Waals surface area (Å²) in [5.74, 6) is 0.428. The number of hydrogen-bond donors (Lipinski definition) is 2. The van der Waals surface area contributed by atoms with Gasteiger partial charge in [0.25, 0.3) is 0 Å². The predicted molar refractivity (Wildman–Crippen MR) is 87.3 cm³/mol. The summed E-state index contributed by atoms with van der Waals surface area (Å²) < 4.78 is 0.961. The van der Waals surface area contributed by atoms with Gasteiger partial charge in [-0.3, -0.25) is 4.79 Å². The van der Waals surface area contributed by atoms with E-state index in [-0.39, 0.29) is 11.9 Å². The van der Waals surface area contributed by atoms with Crippen molar-refractivity contribution >= 4 is 33.2 Å². The van der Waals surface area contributed by atoms with Gasteiger partial charge < -0.3 is 15.5 Å². The molecule has 1 amide bonds. The van der Waals surface area contributed by atoms with Gasteiger partial charge in [0.1, 0.15) is 0 Å². The maximum Gasteiger partial charge on any atom is 0.241 e. The van der Waals surface area contributed by atoms with Crippen LogP contribution in [0.5, 0.6) is 0 Å². The molecule has 0 aromatic heterocycles. The third-order valence-electron chi connectivity index (χ3n) is 3.75. The average molecular weight is 340 g/mol. The number of hydrogen-bond acceptors (Lipinski definition) is 3. The molecule has 110 valence electrons. The number of carbonyl (C=O) groups is 1. The van der Waals surface area contributed by atoms with Crippen molar-refractivity contribution in [3.63, 3.8) is 0 Å². The average Bonchev–Trinajstić information content (AvgIpc) is 2.38. The molecule has 0 saturated carbocycles. The first-order chi connectivity index (χ1) is 9.49. The second kappa shape index (κ2) is 6.59. The van der Waals surface area contributed by atoms with E-state index in [1.54, 1.807) is 0 Å². The van der Waals surface area contributed by atoms with Crippen molar-refractivity contribution in [1.82, 2.24) is 5.32 Å². The Morgan fingerprint density at radius 3 is 2.85 bits per heavy atom. The lowest BCUT2D eigenvalue weighted by atomic mass is 9.92. The molecule has 0 radical (unpaired) electrons. The molecule has 1 fully saturated rings. The fourth-order valence-corrected chi connectivity index (χ4v) is 2.97. The summed E-state index contributed by atoms with van der Waals surface area (Å²) in [7, 11) is 3.95. The minimum absolute atomic E-state index is 0.0541. The molecule has 5 heteroatoms. The third-order valence-corrected chi connectivity index (χ3v) is 4.24. The van der Waals surface area contributed by atoms with Crippen molar-refractivity contribution in [1.29, 1.82) is 0 Å². The number of rotatable bonds is 3. The van der Waals surface area contributed by atoms with Gasteiger partial charge >= 0.3 is 0 Å². The molecule has 2 atom stereocenters. The van der Waals surface area contributed by atoms with Crippen LogP contribution in [0.15, 0.2) is 22.7 Å². The number of piperidine rings is 1. The zero-order valence-electron chi connectivity index (χ0n) is 12.2. The fourth-order valence-electron chi connectivity index (χ4n) is 2.61. The summed E-state index contributed by atoms with van der Waals surface area (Å²) in [4.78, 5) is 14.5. The first kappa shape index (κ1) is 15.3. The zero-order chi connectivity index (χ0) is 14.7. The SMILES string of the molecule is CC1CCCNC1C(=O)Nc1cc(Br)ccc1N(C)C. The molecule has 0 aliphatic carbocycles. The predicted octanol–water partition coefficient (Wildman–Crippen LogP) is 2.84. The van der Waals surface area contributed by atoms with Crippen LogP contribution < -0.4 is 15.5 Å². The third kappa shape index (κ3) is 3.52. The maximum absolute atomic E-state index is 12.5. The summed E-state index contributed by atoms with van der Waals surface area (Å²) in [5, 5.41) is 6.37. The number of anilines is 2. The first-order valence-corrected chi connectivity index (χ1v) is 7.79. The van der Waals surface area contributed by atoms with Crippen molar-refractivity contribution in [2.75, 3.05) is 30.9 Å². The Labute approximate surface area is 129 Å². The molecule has 4 nitrogen and oxygen atoms in total. The van der Waals surface area contributed by atoms with E-state index in [0.29, 0.717) is 5.92 Å². The van der Waals surface area contributed by atoms with E-state index in [9.17, 15) is 4.79 Å². The van der Waals surface area contributed by atoms with Crippen LogP contribution in [-0.2, 0) is 4.79 Å². The quantitative estimate of drug-likeness (QED) is 0.889. The molecule has 1 aromatic carbocycles. The van der Waals surface area contributed by atoms with E-state index in [1.807, 2.05) is 37.2 Å². The second-order valence-corrected chi connectivity index (χ2v) is 6.51. The summed E-state index contributed by atoms with van der Waals surface area (Å²) in [6.45, 7) is 3.05. The standard InChI is InChI=1S/C15H22BrN3O/c1-10-5-4-8-17-14(10)15(20)18-12-9-11(16)6-7-13(12)19(2)3/h6-7,9-10,14,17H,4-5,8H2,1-3H3,(H,18,20). The Hall–Kier alpha value is -1.07. The molecule has 2 rings (SSSR count). The highest BCUT2D eigenvalue weighted by Gasteiger charge is 2.27. The van der Waals surface area contributed by atoms with Gasteiger partial charge in [0.05, 0.1) is 17.4 Å². The molecule has 2 N–H and O–H groups in total. The van der Waals surface area contributed by atoms with Crippen LogP contribution in [0.4, 0.5) is 11.4 Å². The number of carbonyl (C=O) groups excluding carboxylic acids is 1. The first-order valence-electron chi connectivity index (χ1n) is 7.00. The largest absolute Gasteiger partial charge is 0.376 e. The lowest BCUT2D eigenvalue weighted by molar-refractivity contribution is -0.119. The van der Waals surface area contributed by atoms with Crippen LogP contribution in [0.1, 0.15) is 19.8 Å². The number of amides is 1. The van der Waals surface area contributed by atoms with Gasteiger partial charge in [-0.2, -0.15) is 0 Å². The maximum atomic E-state index is 12.5. The van der Waals surface area contributed by atoms with Crippen molar-refractivity contribution < 1.29 is 4.79 Å². The van der Waals surface area contributed by atoms with Gasteiger partial charge in [-0.05, 0) is 43.5 Å². The Morgan fingerprint density at radius 2 is 2.20 bits per heavy atom. The number of halogens is 1. The Morgan fingerprint density at radius 1 is 1.45 bits per heavy atom. The zero-order valence-corrected chi connectivity index (χ0v) is 13.8. The summed E-state index contributed by atoms with van der Waals surface area (Å²) >= 11 is 3.46. The van der Waals surface area contributed by atoms with Crippen LogP contribution in [0, 0.1) is 5.92 Å². The highest BCUT2D eigenvalue weighted by molar-refractivity contribution is 9.10. The lowest BCUT2D eigenvalue weighted by Gasteiger charge is -2.29. The van der Waals surface area contributed by atoms with E-state index in [0.717, 1.165) is 35.2 Å². The van der Waals surface area contributed by atoms with E-state index >= 15 is 0 Å². The number of benzene rings is 1. The number of nitrogens with zero attached hydrogens (tertiary/aromatic N) is 1. The molecule has 1 aliphatic heterocycles. The monoisotopic (exact) mass is 339 g/mol. The van der Waals surface area contributed by atoms with Gasteiger partial charge in [-0.1, -0.05) is 22.9 Å². The van der Waals surface area contributed by atoms with Crippen molar-refractivity contribution in [2.45, 2.75) is 25.8 Å². The van der Waals surface area contributed by atoms with Crippen molar-refractivity contribution in [3.05, 3.63) is 22.7 Å². The van der Waals surface area contributed by atoms with Crippen molar-refractivity contribution in [2.24, 2.45) is 5.92 Å². The van der Waals surface area contributed by atoms with Gasteiger partial charge in [-0.15, -0.1) is 0 Å². The van der Waals surface area contributed by atoms with E-state index in [4.69, 9.17) is 0 Å². The van der Waals surface area contributed by atoms with Crippen LogP contribution in [0.25, 0.3) is 0 Å². The van der Waals surface area contributed by atoms with Gasteiger partial charge in [0.15, 0.2) is 0 Å². The van der Waals surface area contributed by atoms with Crippen LogP contribution in [0.3, 0.4) is 0 Å². The summed E-state index contributed by atoms with van der Waals surface area (Å²) in [6.07, 6.45) is 2.24. The number of nitrogens with one attached hydrogen (secondary N) is 2. The molecular formula is C15H22BrN3O. The van der Waals surface area contributed by atoms with Gasteiger partial charge in [0, 0.05) is 18.6 Å². The Kier molecular flexibility index (Phi) is 5.05. The molecule has 0 bridgehead atoms. The van der Waals surface area contributed by atoms with Crippen molar-refractivity contribution in [3.8, 4) is 0 Å². The molecule has 0 spiro atoms. The molecule has 1 saturated heterocycles. The second-order valence-electron chi connectivity index (χ2n) is 5.60. The van der Waals surface area contributed by atoms with Gasteiger partial charge in [-0.25, -0.2) is 0 Å². The molecule has 20 heavy (non-hydrogen) atoms. The van der Waals surface area contributed by atoms with E-state index < -0.39 is 0 Å². The molecule has 2 unspecified atom stereocenters. The smallest absolute Gasteiger partial charge is 0.241 e. The van der Waals surface area contributed by atoms with Crippen LogP contribution in [0.2, 0.25) is 0 Å². The fraction of sp³-hybridized carbons (Fsp3) is 0.533. The highest BCUT2D eigenvalue weighted by atomic mass is 79.9. The lowest BCUT2D eigenvalue weighted by Crippen LogP contribution is -2.48. The molecule has 1 aliphatic rings. The topological polar surface area (TPSA) is 44.4 Å². The van der Waals surface area contributed by atoms with E-state index in [2.05, 4.69) is 33.5 Å². The molecular weight excluding hydrogens is 318 g/mol.